The smallest absolute Gasteiger partial charge is 0.261 e. The Morgan fingerprint density at radius 3 is 2.37 bits per heavy atom. The minimum atomic E-state index is -0.195. The van der Waals surface area contributed by atoms with Gasteiger partial charge in [0.2, 0.25) is 0 Å². The molecule has 2 aromatic heterocycles. The zero-order valence-electron chi connectivity index (χ0n) is 22.3. The van der Waals surface area contributed by atoms with E-state index in [4.69, 9.17) is 28.3 Å². The average Bonchev–Trinajstić information content (AvgIpc) is 3.41. The van der Waals surface area contributed by atoms with Crippen LogP contribution in [0.15, 0.2) is 83.8 Å². The molecule has 0 saturated carbocycles. The SMILES string of the molecule is CCC(=O)c1ccc(-n2c(=O)c3c(n4ncc(Cc5ccccc5)c24)CN(C(=O)c2ccc(Cl)c(Cl)c2)CC3)cc1. The Balaban J connectivity index is 1.48. The summed E-state index contributed by atoms with van der Waals surface area (Å²) in [6.07, 6.45) is 3.13. The van der Waals surface area contributed by atoms with Crippen molar-refractivity contribution in [2.75, 3.05) is 6.54 Å². The van der Waals surface area contributed by atoms with Crippen LogP contribution in [0.25, 0.3) is 11.3 Å². The van der Waals surface area contributed by atoms with Gasteiger partial charge in [0.15, 0.2) is 5.78 Å². The second-order valence-corrected chi connectivity index (χ2v) is 10.9. The van der Waals surface area contributed by atoms with E-state index in [1.54, 1.807) is 62.6 Å². The number of nitrogens with zero attached hydrogens (tertiary/aromatic N) is 4. The van der Waals surface area contributed by atoms with Gasteiger partial charge < -0.3 is 4.90 Å². The van der Waals surface area contributed by atoms with E-state index < -0.39 is 0 Å². The van der Waals surface area contributed by atoms with Gasteiger partial charge >= 0.3 is 0 Å². The molecule has 0 aliphatic carbocycles. The van der Waals surface area contributed by atoms with Crippen LogP contribution >= 0.6 is 23.2 Å². The number of ketones is 1. The van der Waals surface area contributed by atoms with Gasteiger partial charge in [-0.25, -0.2) is 4.52 Å². The first kappa shape index (κ1) is 27.0. The molecule has 5 aromatic rings. The first-order valence-electron chi connectivity index (χ1n) is 13.4. The summed E-state index contributed by atoms with van der Waals surface area (Å²) in [5.74, 6) is -0.153. The number of benzene rings is 3. The van der Waals surface area contributed by atoms with Gasteiger partial charge in [0.1, 0.15) is 5.65 Å². The lowest BCUT2D eigenvalue weighted by atomic mass is 10.0. The Morgan fingerprint density at radius 1 is 0.927 bits per heavy atom. The normalized spacial score (nSPS) is 12.9. The fourth-order valence-corrected chi connectivity index (χ4v) is 5.68. The lowest BCUT2D eigenvalue weighted by Gasteiger charge is -2.30. The number of hydrogen-bond acceptors (Lipinski definition) is 4. The van der Waals surface area contributed by atoms with Crippen LogP contribution in [0.1, 0.15) is 56.4 Å². The van der Waals surface area contributed by atoms with E-state index in [9.17, 15) is 14.4 Å². The fourth-order valence-electron chi connectivity index (χ4n) is 5.38. The van der Waals surface area contributed by atoms with Crippen LogP contribution in [-0.4, -0.2) is 37.3 Å². The summed E-state index contributed by atoms with van der Waals surface area (Å²) in [5, 5.41) is 5.42. The van der Waals surface area contributed by atoms with Gasteiger partial charge in [-0.15, -0.1) is 0 Å². The number of carbonyl (C=O) groups excluding carboxylic acids is 2. The summed E-state index contributed by atoms with van der Waals surface area (Å²) in [6.45, 7) is 2.41. The molecule has 3 heterocycles. The van der Waals surface area contributed by atoms with Gasteiger partial charge in [-0.2, -0.15) is 5.10 Å². The molecule has 1 aliphatic heterocycles. The van der Waals surface area contributed by atoms with Crippen molar-refractivity contribution in [2.45, 2.75) is 32.7 Å². The highest BCUT2D eigenvalue weighted by Gasteiger charge is 2.29. The molecule has 9 heteroatoms. The quantitative estimate of drug-likeness (QED) is 0.223. The Kier molecular flexibility index (Phi) is 7.24. The largest absolute Gasteiger partial charge is 0.332 e. The average molecular weight is 585 g/mol. The molecule has 1 amide bonds. The van der Waals surface area contributed by atoms with E-state index in [0.717, 1.165) is 11.1 Å². The Morgan fingerprint density at radius 2 is 1.66 bits per heavy atom. The lowest BCUT2D eigenvalue weighted by Crippen LogP contribution is -2.41. The molecule has 1 aliphatic rings. The maximum Gasteiger partial charge on any atom is 0.261 e. The molecule has 0 unspecified atom stereocenters. The number of amides is 1. The van der Waals surface area contributed by atoms with Crippen LogP contribution in [0.3, 0.4) is 0 Å². The first-order chi connectivity index (χ1) is 19.9. The van der Waals surface area contributed by atoms with Crippen LogP contribution in [0.5, 0.6) is 0 Å². The highest BCUT2D eigenvalue weighted by molar-refractivity contribution is 6.42. The molecule has 6 rings (SSSR count). The molecule has 0 spiro atoms. The van der Waals surface area contributed by atoms with Crippen molar-refractivity contribution < 1.29 is 9.59 Å². The monoisotopic (exact) mass is 584 g/mol. The lowest BCUT2D eigenvalue weighted by molar-refractivity contribution is 0.0729. The van der Waals surface area contributed by atoms with Crippen molar-refractivity contribution in [1.29, 1.82) is 0 Å². The van der Waals surface area contributed by atoms with E-state index in [1.165, 1.54) is 0 Å². The van der Waals surface area contributed by atoms with E-state index >= 15 is 0 Å². The molecule has 3 aromatic carbocycles. The third-order valence-electron chi connectivity index (χ3n) is 7.53. The van der Waals surface area contributed by atoms with E-state index in [1.807, 2.05) is 37.3 Å². The summed E-state index contributed by atoms with van der Waals surface area (Å²) < 4.78 is 3.47. The van der Waals surface area contributed by atoms with E-state index in [0.29, 0.717) is 69.6 Å². The predicted molar refractivity (Wildman–Crippen MR) is 160 cm³/mol. The topological polar surface area (TPSA) is 76.7 Å². The zero-order valence-corrected chi connectivity index (χ0v) is 23.8. The number of Topliss-reactive ketones (excluding diaryl/α,β-unsaturated/α-hetero) is 1. The second kappa shape index (κ2) is 11.0. The highest BCUT2D eigenvalue weighted by atomic mass is 35.5. The van der Waals surface area contributed by atoms with Crippen LogP contribution in [0.4, 0.5) is 0 Å². The Hall–Kier alpha value is -4.20. The van der Waals surface area contributed by atoms with Crippen LogP contribution < -0.4 is 5.56 Å². The van der Waals surface area contributed by atoms with Crippen LogP contribution in [-0.2, 0) is 19.4 Å². The van der Waals surface area contributed by atoms with E-state index in [-0.39, 0.29) is 23.8 Å². The van der Waals surface area contributed by atoms with Gasteiger partial charge in [0.25, 0.3) is 11.5 Å². The number of hydrogen-bond donors (Lipinski definition) is 0. The molecule has 0 atom stereocenters. The summed E-state index contributed by atoms with van der Waals surface area (Å²) in [5.41, 5.74) is 5.41. The third kappa shape index (κ3) is 4.96. The highest BCUT2D eigenvalue weighted by Crippen LogP contribution is 2.27. The number of fused-ring (bicyclic) bond motifs is 3. The molecule has 0 bridgehead atoms. The van der Waals surface area contributed by atoms with E-state index in [2.05, 4.69) is 0 Å². The molecule has 41 heavy (non-hydrogen) atoms. The predicted octanol–water partition coefficient (Wildman–Crippen LogP) is 6.17. The number of rotatable bonds is 6. The van der Waals surface area contributed by atoms with Crippen molar-refractivity contribution in [3.05, 3.63) is 133 Å². The molecule has 7 nitrogen and oxygen atoms in total. The molecular formula is C32H26Cl2N4O3. The molecular weight excluding hydrogens is 559 g/mol. The van der Waals surface area contributed by atoms with Gasteiger partial charge in [0, 0.05) is 41.6 Å². The molecule has 0 fully saturated rings. The molecule has 206 valence electrons. The van der Waals surface area contributed by atoms with Crippen molar-refractivity contribution in [2.24, 2.45) is 0 Å². The summed E-state index contributed by atoms with van der Waals surface area (Å²) in [7, 11) is 0. The molecule has 0 N–H and O–H groups in total. The van der Waals surface area contributed by atoms with Crippen molar-refractivity contribution >= 4 is 40.5 Å². The molecule has 0 saturated heterocycles. The summed E-state index contributed by atoms with van der Waals surface area (Å²) in [4.78, 5) is 41.5. The first-order valence-corrected chi connectivity index (χ1v) is 14.2. The van der Waals surface area contributed by atoms with Crippen molar-refractivity contribution in [3.63, 3.8) is 0 Å². The minimum Gasteiger partial charge on any atom is -0.332 e. The fraction of sp³-hybridized carbons (Fsp3) is 0.188. The number of carbonyl (C=O) groups is 2. The second-order valence-electron chi connectivity index (χ2n) is 10.1. The van der Waals surface area contributed by atoms with Gasteiger partial charge in [-0.1, -0.05) is 60.5 Å². The Labute approximate surface area is 246 Å². The van der Waals surface area contributed by atoms with Crippen molar-refractivity contribution in [3.8, 4) is 5.69 Å². The van der Waals surface area contributed by atoms with Gasteiger partial charge in [0.05, 0.1) is 34.2 Å². The minimum absolute atomic E-state index is 0.0420. The van der Waals surface area contributed by atoms with Crippen LogP contribution in [0, 0.1) is 0 Å². The standard InChI is InChI=1S/C32H26Cl2N4O3/c1-2-29(39)21-8-11-24(12-9-21)37-30-23(16-20-6-4-3-5-7-20)18-35-38(30)28-19-36(15-14-25(28)32(37)41)31(40)22-10-13-26(33)27(34)17-22/h3-13,17-18H,2,14-16,19H2,1H3. The van der Waals surface area contributed by atoms with Crippen LogP contribution in [0.2, 0.25) is 10.0 Å². The third-order valence-corrected chi connectivity index (χ3v) is 8.27. The number of aromatic nitrogens is 3. The Bertz CT molecular complexity index is 1860. The maximum absolute atomic E-state index is 14.2. The molecule has 0 radical (unpaired) electrons. The maximum atomic E-state index is 14.2. The zero-order chi connectivity index (χ0) is 28.7. The van der Waals surface area contributed by atoms with Gasteiger partial charge in [-0.05, 0) is 54.4 Å². The number of halogens is 2. The summed E-state index contributed by atoms with van der Waals surface area (Å²) >= 11 is 12.2. The van der Waals surface area contributed by atoms with Crippen molar-refractivity contribution in [1.82, 2.24) is 19.1 Å². The van der Waals surface area contributed by atoms with Gasteiger partial charge in [-0.3, -0.25) is 19.0 Å². The summed E-state index contributed by atoms with van der Waals surface area (Å²) in [6, 6.07) is 21.9.